The van der Waals surface area contributed by atoms with Gasteiger partial charge < -0.3 is 0 Å². The largest absolute Gasteiger partial charge is 0.224 e. The summed E-state index contributed by atoms with van der Waals surface area (Å²) in [5.41, 5.74) is 8.52. The van der Waals surface area contributed by atoms with Crippen LogP contribution in [0.1, 0.15) is 11.3 Å². The zero-order valence-electron chi connectivity index (χ0n) is 14.2. The molecule has 0 amide bonds. The van der Waals surface area contributed by atoms with E-state index in [2.05, 4.69) is 95.6 Å². The van der Waals surface area contributed by atoms with Crippen molar-refractivity contribution in [3.05, 3.63) is 76.9 Å². The molecule has 118 valence electrons. The van der Waals surface area contributed by atoms with Crippen molar-refractivity contribution in [1.82, 2.24) is 0 Å². The van der Waals surface area contributed by atoms with Crippen LogP contribution in [0.25, 0.3) is 27.7 Å². The molecule has 0 N–H and O–H groups in total. The molecular weight excluding hydrogens is 312 g/mol. The number of benzene rings is 2. The van der Waals surface area contributed by atoms with Crippen LogP contribution in [0.15, 0.2) is 65.6 Å². The Morgan fingerprint density at radius 2 is 1.75 bits per heavy atom. The normalized spacial score (nSPS) is 11.1. The molecule has 0 spiro atoms. The summed E-state index contributed by atoms with van der Waals surface area (Å²) < 4.78 is 4.49. The standard InChI is InChI=1S/C21H20N2S/c1-15-8-6-7-11-23(15)19-12-17-9-4-5-10-18(17)21(16(19)2)20-13-24-14-22(20)3/h4-14H,1-3H3/q+2. The second-order valence-corrected chi connectivity index (χ2v) is 6.90. The Bertz CT molecular complexity index is 1050. The first-order valence-corrected chi connectivity index (χ1v) is 9.03. The molecule has 0 aliphatic heterocycles. The average molecular weight is 332 g/mol. The van der Waals surface area contributed by atoms with Crippen molar-refractivity contribution in [2.24, 2.45) is 7.05 Å². The van der Waals surface area contributed by atoms with E-state index in [1.54, 1.807) is 11.3 Å². The van der Waals surface area contributed by atoms with Crippen molar-refractivity contribution in [3.8, 4) is 16.9 Å². The Morgan fingerprint density at radius 1 is 0.958 bits per heavy atom. The zero-order valence-corrected chi connectivity index (χ0v) is 15.0. The quantitative estimate of drug-likeness (QED) is 0.484. The molecule has 2 aromatic heterocycles. The van der Waals surface area contributed by atoms with Crippen molar-refractivity contribution in [1.29, 1.82) is 0 Å². The molecular formula is C21H20N2S+2. The highest BCUT2D eigenvalue weighted by molar-refractivity contribution is 7.07. The van der Waals surface area contributed by atoms with Crippen LogP contribution in [0.5, 0.6) is 0 Å². The Labute approximate surface area is 146 Å². The summed E-state index contributed by atoms with van der Waals surface area (Å²) >= 11 is 1.74. The Morgan fingerprint density at radius 3 is 2.50 bits per heavy atom. The van der Waals surface area contributed by atoms with Crippen molar-refractivity contribution < 1.29 is 9.13 Å². The fourth-order valence-electron chi connectivity index (χ4n) is 3.38. The summed E-state index contributed by atoms with van der Waals surface area (Å²) in [7, 11) is 2.12. The van der Waals surface area contributed by atoms with Gasteiger partial charge in [0.15, 0.2) is 11.9 Å². The number of pyridine rings is 1. The van der Waals surface area contributed by atoms with Gasteiger partial charge in [0.05, 0.1) is 10.9 Å². The lowest BCUT2D eigenvalue weighted by Gasteiger charge is -2.10. The maximum absolute atomic E-state index is 2.30. The van der Waals surface area contributed by atoms with Gasteiger partial charge in [0.2, 0.25) is 16.9 Å². The molecule has 0 bridgehead atoms. The molecule has 0 aliphatic carbocycles. The third kappa shape index (κ3) is 2.33. The first kappa shape index (κ1) is 15.0. The van der Waals surface area contributed by atoms with E-state index in [4.69, 9.17) is 0 Å². The van der Waals surface area contributed by atoms with E-state index in [0.29, 0.717) is 0 Å². The summed E-state index contributed by atoms with van der Waals surface area (Å²) in [6.45, 7) is 4.38. The van der Waals surface area contributed by atoms with E-state index in [1.165, 1.54) is 39.0 Å². The van der Waals surface area contributed by atoms with Gasteiger partial charge in [-0.3, -0.25) is 0 Å². The van der Waals surface area contributed by atoms with Crippen LogP contribution >= 0.6 is 11.3 Å². The molecule has 0 fully saturated rings. The molecule has 2 aromatic carbocycles. The van der Waals surface area contributed by atoms with E-state index in [0.717, 1.165) is 0 Å². The van der Waals surface area contributed by atoms with Crippen LogP contribution in [0.3, 0.4) is 0 Å². The van der Waals surface area contributed by atoms with Gasteiger partial charge in [0.25, 0.3) is 0 Å². The summed E-state index contributed by atoms with van der Waals surface area (Å²) in [5, 5.41) is 4.82. The van der Waals surface area contributed by atoms with Gasteiger partial charge in [-0.2, -0.15) is 9.13 Å². The average Bonchev–Trinajstić information content (AvgIpc) is 3.01. The first-order valence-electron chi connectivity index (χ1n) is 8.09. The predicted molar refractivity (Wildman–Crippen MR) is 99.4 cm³/mol. The van der Waals surface area contributed by atoms with E-state index in [9.17, 15) is 0 Å². The molecule has 0 unspecified atom stereocenters. The number of thiazole rings is 1. The topological polar surface area (TPSA) is 7.76 Å². The summed E-state index contributed by atoms with van der Waals surface area (Å²) in [4.78, 5) is 0. The van der Waals surface area contributed by atoms with Crippen molar-refractivity contribution >= 4 is 22.1 Å². The second-order valence-electron chi connectivity index (χ2n) is 6.18. The molecule has 0 aliphatic rings. The van der Waals surface area contributed by atoms with E-state index >= 15 is 0 Å². The lowest BCUT2D eigenvalue weighted by molar-refractivity contribution is -0.655. The van der Waals surface area contributed by atoms with Crippen molar-refractivity contribution in [3.63, 3.8) is 0 Å². The minimum Gasteiger partial charge on any atom is -0.191 e. The van der Waals surface area contributed by atoms with E-state index in [-0.39, 0.29) is 0 Å². The maximum atomic E-state index is 2.30. The van der Waals surface area contributed by atoms with Crippen LogP contribution in [-0.2, 0) is 7.05 Å². The zero-order chi connectivity index (χ0) is 16.7. The highest BCUT2D eigenvalue weighted by Crippen LogP contribution is 2.33. The summed E-state index contributed by atoms with van der Waals surface area (Å²) in [6, 6.07) is 17.3. The number of aromatic nitrogens is 2. The maximum Gasteiger partial charge on any atom is 0.224 e. The number of rotatable bonds is 2. The van der Waals surface area contributed by atoms with Crippen LogP contribution in [0.2, 0.25) is 0 Å². The fraction of sp³-hybridized carbons (Fsp3) is 0.143. The number of aryl methyl sites for hydroxylation is 2. The molecule has 4 rings (SSSR count). The highest BCUT2D eigenvalue weighted by atomic mass is 32.1. The summed E-state index contributed by atoms with van der Waals surface area (Å²) in [5.74, 6) is 0. The van der Waals surface area contributed by atoms with Gasteiger partial charge in [-0.05, 0) is 17.7 Å². The van der Waals surface area contributed by atoms with E-state index < -0.39 is 0 Å². The molecule has 2 heterocycles. The molecule has 0 saturated heterocycles. The highest BCUT2D eigenvalue weighted by Gasteiger charge is 2.23. The lowest BCUT2D eigenvalue weighted by atomic mass is 9.95. The number of hydrogen-bond acceptors (Lipinski definition) is 1. The Kier molecular flexibility index (Phi) is 3.66. The molecule has 0 radical (unpaired) electrons. The fourth-order valence-corrected chi connectivity index (χ4v) is 4.15. The van der Waals surface area contributed by atoms with Crippen LogP contribution < -0.4 is 9.13 Å². The Hall–Kier alpha value is -2.52. The minimum absolute atomic E-state index is 1.23. The SMILES string of the molecule is Cc1c(-[n+]2ccccc2C)cc2ccccc2c1-c1csc[n+]1C. The molecule has 4 aromatic rings. The molecule has 0 atom stereocenters. The number of fused-ring (bicyclic) bond motifs is 1. The van der Waals surface area contributed by atoms with Crippen LogP contribution in [-0.4, -0.2) is 0 Å². The lowest BCUT2D eigenvalue weighted by Crippen LogP contribution is -2.35. The van der Waals surface area contributed by atoms with Gasteiger partial charge >= 0.3 is 0 Å². The van der Waals surface area contributed by atoms with Gasteiger partial charge in [0.1, 0.15) is 7.05 Å². The van der Waals surface area contributed by atoms with Crippen LogP contribution in [0, 0.1) is 13.8 Å². The third-order valence-electron chi connectivity index (χ3n) is 4.64. The predicted octanol–water partition coefficient (Wildman–Crippen LogP) is 4.29. The molecule has 2 nitrogen and oxygen atoms in total. The van der Waals surface area contributed by atoms with Gasteiger partial charge in [0, 0.05) is 30.7 Å². The van der Waals surface area contributed by atoms with Gasteiger partial charge in [-0.25, -0.2) is 0 Å². The molecule has 24 heavy (non-hydrogen) atoms. The van der Waals surface area contributed by atoms with Crippen molar-refractivity contribution in [2.75, 3.05) is 0 Å². The monoisotopic (exact) mass is 332 g/mol. The minimum atomic E-state index is 1.23. The van der Waals surface area contributed by atoms with E-state index in [1.807, 2.05) is 0 Å². The smallest absolute Gasteiger partial charge is 0.191 e. The van der Waals surface area contributed by atoms with Gasteiger partial charge in [-0.1, -0.05) is 41.7 Å². The Balaban J connectivity index is 2.13. The second kappa shape index (κ2) is 5.84. The summed E-state index contributed by atoms with van der Waals surface area (Å²) in [6.07, 6.45) is 2.14. The van der Waals surface area contributed by atoms with Gasteiger partial charge in [-0.15, -0.1) is 0 Å². The number of nitrogens with zero attached hydrogens (tertiary/aromatic N) is 2. The molecule has 0 saturated carbocycles. The van der Waals surface area contributed by atoms with Crippen molar-refractivity contribution in [2.45, 2.75) is 13.8 Å². The third-order valence-corrected chi connectivity index (χ3v) is 5.44. The first-order chi connectivity index (χ1) is 11.7. The molecule has 3 heteroatoms. The van der Waals surface area contributed by atoms with Crippen LogP contribution in [0.4, 0.5) is 0 Å². The number of hydrogen-bond donors (Lipinski definition) is 0.